The molecule has 0 saturated heterocycles. The van der Waals surface area contributed by atoms with Gasteiger partial charge >= 0.3 is 11.1 Å². The zero-order valence-corrected chi connectivity index (χ0v) is 15.8. The van der Waals surface area contributed by atoms with E-state index in [2.05, 4.69) is 10.4 Å². The van der Waals surface area contributed by atoms with Crippen molar-refractivity contribution < 1.29 is 4.79 Å². The summed E-state index contributed by atoms with van der Waals surface area (Å²) < 4.78 is 2.31. The first kappa shape index (κ1) is 18.7. The number of hydrogen-bond donors (Lipinski definition) is 1. The zero-order valence-electron chi connectivity index (χ0n) is 15.8. The van der Waals surface area contributed by atoms with E-state index in [1.54, 1.807) is 0 Å². The SMILES string of the molecule is O=C(Cn1nc2n(c(=O)c1=O)CCN2c1ccccc1)NCCc1ccccc1. The highest BCUT2D eigenvalue weighted by Crippen LogP contribution is 2.25. The van der Waals surface area contributed by atoms with Crippen LogP contribution in [0.4, 0.5) is 11.6 Å². The Labute approximate surface area is 167 Å². The van der Waals surface area contributed by atoms with E-state index in [0.717, 1.165) is 15.9 Å². The van der Waals surface area contributed by atoms with Gasteiger partial charge in [-0.05, 0) is 24.1 Å². The molecule has 0 aliphatic carbocycles. The fraction of sp³-hybridized carbons (Fsp3) is 0.238. The molecule has 2 heterocycles. The van der Waals surface area contributed by atoms with Crippen LogP contribution in [0.2, 0.25) is 0 Å². The van der Waals surface area contributed by atoms with Crippen molar-refractivity contribution in [2.24, 2.45) is 0 Å². The molecule has 8 nitrogen and oxygen atoms in total. The van der Waals surface area contributed by atoms with Crippen LogP contribution >= 0.6 is 0 Å². The molecule has 148 valence electrons. The standard InChI is InChI=1S/C21H21N5O3/c27-18(22-12-11-16-7-3-1-4-8-16)15-26-20(29)19(28)25-14-13-24(21(25)23-26)17-9-5-2-6-10-17/h1-10H,11-15H2,(H,22,27). The van der Waals surface area contributed by atoms with E-state index in [9.17, 15) is 14.4 Å². The van der Waals surface area contributed by atoms with E-state index >= 15 is 0 Å². The van der Waals surface area contributed by atoms with E-state index < -0.39 is 11.1 Å². The lowest BCUT2D eigenvalue weighted by molar-refractivity contribution is -0.121. The molecular formula is C21H21N5O3. The highest BCUT2D eigenvalue weighted by molar-refractivity contribution is 5.75. The van der Waals surface area contributed by atoms with Crippen LogP contribution in [0.5, 0.6) is 0 Å². The Balaban J connectivity index is 1.50. The van der Waals surface area contributed by atoms with Crippen molar-refractivity contribution in [3.05, 3.63) is 86.9 Å². The minimum atomic E-state index is -0.790. The third-order valence-electron chi connectivity index (χ3n) is 4.84. The molecule has 1 aromatic heterocycles. The van der Waals surface area contributed by atoms with Crippen LogP contribution in [-0.2, 0) is 24.3 Å². The summed E-state index contributed by atoms with van der Waals surface area (Å²) in [4.78, 5) is 39.0. The number of para-hydroxylation sites is 1. The molecule has 0 saturated carbocycles. The number of amides is 1. The monoisotopic (exact) mass is 391 g/mol. The lowest BCUT2D eigenvalue weighted by Crippen LogP contribution is -2.45. The molecule has 8 heteroatoms. The third-order valence-corrected chi connectivity index (χ3v) is 4.84. The molecule has 1 amide bonds. The minimum Gasteiger partial charge on any atom is -0.354 e. The van der Waals surface area contributed by atoms with Gasteiger partial charge < -0.3 is 10.2 Å². The summed E-state index contributed by atoms with van der Waals surface area (Å²) in [7, 11) is 0. The van der Waals surface area contributed by atoms with E-state index in [1.165, 1.54) is 4.57 Å². The molecular weight excluding hydrogens is 370 g/mol. The van der Waals surface area contributed by atoms with E-state index in [0.29, 0.717) is 32.0 Å². The van der Waals surface area contributed by atoms with Crippen molar-refractivity contribution in [3.8, 4) is 0 Å². The molecule has 0 fully saturated rings. The van der Waals surface area contributed by atoms with Gasteiger partial charge in [-0.3, -0.25) is 19.0 Å². The maximum absolute atomic E-state index is 12.5. The van der Waals surface area contributed by atoms with Crippen molar-refractivity contribution in [2.45, 2.75) is 19.5 Å². The Morgan fingerprint density at radius 1 is 0.931 bits per heavy atom. The minimum absolute atomic E-state index is 0.292. The predicted molar refractivity (Wildman–Crippen MR) is 109 cm³/mol. The van der Waals surface area contributed by atoms with Crippen molar-refractivity contribution in [1.82, 2.24) is 19.7 Å². The first-order chi connectivity index (χ1) is 14.1. The van der Waals surface area contributed by atoms with Crippen LogP contribution in [0.25, 0.3) is 0 Å². The third kappa shape index (κ3) is 3.96. The Morgan fingerprint density at radius 3 is 2.34 bits per heavy atom. The number of hydrogen-bond acceptors (Lipinski definition) is 5. The molecule has 0 atom stereocenters. The van der Waals surface area contributed by atoms with Crippen LogP contribution in [-0.4, -0.2) is 33.3 Å². The van der Waals surface area contributed by atoms with Crippen molar-refractivity contribution in [1.29, 1.82) is 0 Å². The molecule has 1 aliphatic heterocycles. The van der Waals surface area contributed by atoms with Crippen LogP contribution in [0.3, 0.4) is 0 Å². The molecule has 4 rings (SSSR count). The maximum Gasteiger partial charge on any atom is 0.333 e. The largest absolute Gasteiger partial charge is 0.354 e. The molecule has 3 aromatic rings. The topological polar surface area (TPSA) is 89.2 Å². The second kappa shape index (κ2) is 8.14. The van der Waals surface area contributed by atoms with Gasteiger partial charge in [0.2, 0.25) is 11.9 Å². The number of fused-ring (bicyclic) bond motifs is 1. The number of benzene rings is 2. The summed E-state index contributed by atoms with van der Waals surface area (Å²) in [6.07, 6.45) is 0.684. The van der Waals surface area contributed by atoms with Crippen molar-refractivity contribution in [3.63, 3.8) is 0 Å². The van der Waals surface area contributed by atoms with Gasteiger partial charge in [0.05, 0.1) is 0 Å². The Kier molecular flexibility index (Phi) is 5.24. The number of anilines is 2. The summed E-state index contributed by atoms with van der Waals surface area (Å²) in [6.45, 7) is 1.07. The lowest BCUT2D eigenvalue weighted by atomic mass is 10.1. The lowest BCUT2D eigenvalue weighted by Gasteiger charge is -2.17. The number of carbonyl (C=O) groups excluding carboxylic acids is 1. The van der Waals surface area contributed by atoms with Gasteiger partial charge in [-0.2, -0.15) is 0 Å². The molecule has 0 radical (unpaired) electrons. The van der Waals surface area contributed by atoms with E-state index in [4.69, 9.17) is 0 Å². The van der Waals surface area contributed by atoms with E-state index in [-0.39, 0.29) is 12.5 Å². The summed E-state index contributed by atoms with van der Waals surface area (Å²) >= 11 is 0. The normalized spacial score (nSPS) is 12.6. The first-order valence-corrected chi connectivity index (χ1v) is 9.48. The number of aromatic nitrogens is 3. The van der Waals surface area contributed by atoms with Gasteiger partial charge in [0.1, 0.15) is 6.54 Å². The zero-order chi connectivity index (χ0) is 20.2. The fourth-order valence-electron chi connectivity index (χ4n) is 3.37. The molecule has 1 aliphatic rings. The first-order valence-electron chi connectivity index (χ1n) is 9.48. The number of carbonyl (C=O) groups is 1. The summed E-state index contributed by atoms with van der Waals surface area (Å²) in [6, 6.07) is 19.3. The summed E-state index contributed by atoms with van der Waals surface area (Å²) in [5.41, 5.74) is 0.535. The van der Waals surface area contributed by atoms with Gasteiger partial charge in [-0.25, -0.2) is 4.68 Å². The van der Waals surface area contributed by atoms with Gasteiger partial charge in [0.15, 0.2) is 0 Å². The van der Waals surface area contributed by atoms with Crippen LogP contribution < -0.4 is 21.3 Å². The Bertz CT molecular complexity index is 1120. The summed E-state index contributed by atoms with van der Waals surface area (Å²) in [5.74, 6) is 0.0158. The second-order valence-corrected chi connectivity index (χ2v) is 6.79. The Hall–Kier alpha value is -3.68. The highest BCUT2D eigenvalue weighted by Gasteiger charge is 2.26. The average Bonchev–Trinajstić information content (AvgIpc) is 3.17. The molecule has 1 N–H and O–H groups in total. The number of nitrogens with one attached hydrogen (secondary N) is 1. The van der Waals surface area contributed by atoms with Gasteiger partial charge in [0, 0.05) is 25.3 Å². The van der Waals surface area contributed by atoms with Crippen molar-refractivity contribution >= 4 is 17.5 Å². The van der Waals surface area contributed by atoms with Crippen LogP contribution in [0, 0.1) is 0 Å². The van der Waals surface area contributed by atoms with Gasteiger partial charge in [-0.15, -0.1) is 5.10 Å². The quantitative estimate of drug-likeness (QED) is 0.631. The molecule has 0 unspecified atom stereocenters. The molecule has 0 bridgehead atoms. The number of rotatable bonds is 6. The van der Waals surface area contributed by atoms with E-state index in [1.807, 2.05) is 65.6 Å². The van der Waals surface area contributed by atoms with Gasteiger partial charge in [-0.1, -0.05) is 48.5 Å². The van der Waals surface area contributed by atoms with Crippen molar-refractivity contribution in [2.75, 3.05) is 18.0 Å². The molecule has 29 heavy (non-hydrogen) atoms. The molecule has 2 aromatic carbocycles. The maximum atomic E-state index is 12.5. The fourth-order valence-corrected chi connectivity index (χ4v) is 3.37. The second-order valence-electron chi connectivity index (χ2n) is 6.79. The highest BCUT2D eigenvalue weighted by atomic mass is 16.2. The average molecular weight is 391 g/mol. The molecule has 0 spiro atoms. The van der Waals surface area contributed by atoms with Crippen LogP contribution in [0.1, 0.15) is 5.56 Å². The van der Waals surface area contributed by atoms with Crippen LogP contribution in [0.15, 0.2) is 70.3 Å². The Morgan fingerprint density at radius 2 is 1.62 bits per heavy atom. The smallest absolute Gasteiger partial charge is 0.333 e. The predicted octanol–water partition coefficient (Wildman–Crippen LogP) is 0.916. The summed E-state index contributed by atoms with van der Waals surface area (Å²) in [5, 5.41) is 7.09. The number of nitrogens with zero attached hydrogens (tertiary/aromatic N) is 4. The van der Waals surface area contributed by atoms with Gasteiger partial charge in [0.25, 0.3) is 0 Å².